The van der Waals surface area contributed by atoms with Crippen LogP contribution in [-0.2, 0) is 33.8 Å². The molecule has 2 atom stereocenters. The Kier molecular flexibility index (Phi) is 8.80. The molecule has 3 aromatic rings. The molecular weight excluding hydrogens is 432 g/mol. The Hall–Kier alpha value is -4.13. The first-order valence-electron chi connectivity index (χ1n) is 11.0. The van der Waals surface area contributed by atoms with Crippen molar-refractivity contribution in [2.75, 3.05) is 0 Å². The van der Waals surface area contributed by atoms with Crippen LogP contribution in [0.25, 0.3) is 0 Å². The van der Waals surface area contributed by atoms with E-state index < -0.39 is 24.0 Å². The summed E-state index contributed by atoms with van der Waals surface area (Å²) < 4.78 is 5.82. The molecule has 0 aliphatic rings. The Morgan fingerprint density at radius 2 is 1.35 bits per heavy atom. The molecule has 0 aliphatic heterocycles. The molecule has 0 radical (unpaired) electrons. The molecule has 3 N–H and O–H groups in total. The van der Waals surface area contributed by atoms with Crippen molar-refractivity contribution < 1.29 is 24.2 Å². The number of rotatable bonds is 11. The molecule has 7 nitrogen and oxygen atoms in total. The van der Waals surface area contributed by atoms with Crippen molar-refractivity contribution in [3.63, 3.8) is 0 Å². The van der Waals surface area contributed by atoms with Crippen molar-refractivity contribution in [1.82, 2.24) is 10.6 Å². The van der Waals surface area contributed by atoms with Gasteiger partial charge in [0.25, 0.3) is 0 Å². The lowest BCUT2D eigenvalue weighted by atomic mass is 10.0. The largest absolute Gasteiger partial charge is 0.489 e. The van der Waals surface area contributed by atoms with Crippen LogP contribution in [0.5, 0.6) is 5.75 Å². The van der Waals surface area contributed by atoms with Crippen molar-refractivity contribution in [3.05, 3.63) is 102 Å². The zero-order chi connectivity index (χ0) is 24.3. The molecule has 0 saturated carbocycles. The van der Waals surface area contributed by atoms with Gasteiger partial charge in [-0.3, -0.25) is 9.59 Å². The van der Waals surface area contributed by atoms with Gasteiger partial charge < -0.3 is 20.5 Å². The average molecular weight is 461 g/mol. The van der Waals surface area contributed by atoms with Gasteiger partial charge in [-0.05, 0) is 28.8 Å². The van der Waals surface area contributed by atoms with Gasteiger partial charge in [0.2, 0.25) is 11.8 Å². The van der Waals surface area contributed by atoms with Crippen LogP contribution in [0.1, 0.15) is 23.6 Å². The number of hydrogen-bond donors (Lipinski definition) is 3. The molecule has 0 aromatic heterocycles. The number of carbonyl (C=O) groups is 3. The molecule has 0 bridgehead atoms. The number of ether oxygens (including phenoxy) is 1. The first-order chi connectivity index (χ1) is 16.4. The van der Waals surface area contributed by atoms with E-state index in [2.05, 4.69) is 10.6 Å². The highest BCUT2D eigenvalue weighted by atomic mass is 16.5. The molecule has 3 aromatic carbocycles. The molecule has 3 rings (SSSR count). The molecule has 0 spiro atoms. The average Bonchev–Trinajstić information content (AvgIpc) is 2.83. The summed E-state index contributed by atoms with van der Waals surface area (Å²) in [6.45, 7) is 1.71. The maximum atomic E-state index is 12.9. The monoisotopic (exact) mass is 460 g/mol. The Bertz CT molecular complexity index is 1100. The van der Waals surface area contributed by atoms with Crippen LogP contribution in [-0.4, -0.2) is 35.0 Å². The van der Waals surface area contributed by atoms with E-state index in [9.17, 15) is 19.5 Å². The topological polar surface area (TPSA) is 105 Å². The predicted octanol–water partition coefficient (Wildman–Crippen LogP) is 3.12. The molecular formula is C27H28N2O5. The van der Waals surface area contributed by atoms with Crippen LogP contribution in [0, 0.1) is 0 Å². The number of aliphatic carboxylic acids is 1. The van der Waals surface area contributed by atoms with E-state index in [1.54, 1.807) is 24.3 Å². The van der Waals surface area contributed by atoms with Gasteiger partial charge in [0.15, 0.2) is 0 Å². The number of hydrogen-bond acceptors (Lipinski definition) is 4. The quantitative estimate of drug-likeness (QED) is 0.408. The van der Waals surface area contributed by atoms with Crippen LogP contribution >= 0.6 is 0 Å². The molecule has 0 saturated heterocycles. The fourth-order valence-electron chi connectivity index (χ4n) is 3.52. The highest BCUT2D eigenvalue weighted by Gasteiger charge is 2.26. The Labute approximate surface area is 198 Å². The number of benzene rings is 3. The van der Waals surface area contributed by atoms with E-state index in [1.165, 1.54) is 6.92 Å². The van der Waals surface area contributed by atoms with E-state index in [0.717, 1.165) is 11.1 Å². The molecule has 7 heteroatoms. The first-order valence-corrected chi connectivity index (χ1v) is 11.0. The fraction of sp³-hybridized carbons (Fsp3) is 0.222. The smallest absolute Gasteiger partial charge is 0.326 e. The standard InChI is InChI=1S/C27H28N2O5/c1-19(30)28-24(16-20-9-4-2-5-10-20)26(31)29-25(27(32)33)17-22-13-8-14-23(15-22)34-18-21-11-6-3-7-12-21/h2-15,24-25H,16-18H2,1H3,(H,28,30)(H,29,31)(H,32,33)/t24-,25+/m0/s1. The van der Waals surface area contributed by atoms with Gasteiger partial charge in [0.1, 0.15) is 24.4 Å². The second-order valence-electron chi connectivity index (χ2n) is 7.97. The highest BCUT2D eigenvalue weighted by Crippen LogP contribution is 2.17. The van der Waals surface area contributed by atoms with Gasteiger partial charge in [-0.2, -0.15) is 0 Å². The van der Waals surface area contributed by atoms with E-state index in [0.29, 0.717) is 17.9 Å². The summed E-state index contributed by atoms with van der Waals surface area (Å²) in [6.07, 6.45) is 0.323. The Morgan fingerprint density at radius 1 is 0.765 bits per heavy atom. The summed E-state index contributed by atoms with van der Waals surface area (Å²) in [5.74, 6) is -1.48. The van der Waals surface area contributed by atoms with Gasteiger partial charge >= 0.3 is 5.97 Å². The minimum Gasteiger partial charge on any atom is -0.489 e. The molecule has 0 fully saturated rings. The zero-order valence-corrected chi connectivity index (χ0v) is 18.9. The predicted molar refractivity (Wildman–Crippen MR) is 128 cm³/mol. The third-order valence-electron chi connectivity index (χ3n) is 5.18. The van der Waals surface area contributed by atoms with Crippen molar-refractivity contribution >= 4 is 17.8 Å². The van der Waals surface area contributed by atoms with Crippen molar-refractivity contribution in [2.24, 2.45) is 0 Å². The molecule has 0 aliphatic carbocycles. The molecule has 0 unspecified atom stereocenters. The number of carbonyl (C=O) groups excluding carboxylic acids is 2. The van der Waals surface area contributed by atoms with Gasteiger partial charge in [0, 0.05) is 19.8 Å². The highest BCUT2D eigenvalue weighted by molar-refractivity contribution is 5.90. The summed E-state index contributed by atoms with van der Waals surface area (Å²) in [4.78, 5) is 36.4. The van der Waals surface area contributed by atoms with E-state index >= 15 is 0 Å². The third kappa shape index (κ3) is 7.78. The summed E-state index contributed by atoms with van der Waals surface area (Å²) in [5, 5.41) is 14.9. The van der Waals surface area contributed by atoms with Crippen molar-refractivity contribution in [3.8, 4) is 5.75 Å². The van der Waals surface area contributed by atoms with Crippen LogP contribution in [0.3, 0.4) is 0 Å². The zero-order valence-electron chi connectivity index (χ0n) is 18.9. The van der Waals surface area contributed by atoms with Crippen LogP contribution in [0.2, 0.25) is 0 Å². The maximum absolute atomic E-state index is 12.9. The van der Waals surface area contributed by atoms with E-state index in [-0.39, 0.29) is 18.7 Å². The Balaban J connectivity index is 1.66. The van der Waals surface area contributed by atoms with Crippen molar-refractivity contribution in [2.45, 2.75) is 38.5 Å². The van der Waals surface area contributed by atoms with Crippen LogP contribution in [0.4, 0.5) is 0 Å². The first kappa shape index (κ1) is 24.5. The van der Waals surface area contributed by atoms with E-state index in [4.69, 9.17) is 4.74 Å². The van der Waals surface area contributed by atoms with Gasteiger partial charge in [-0.25, -0.2) is 4.79 Å². The second-order valence-corrected chi connectivity index (χ2v) is 7.97. The van der Waals surface area contributed by atoms with Gasteiger partial charge in [-0.15, -0.1) is 0 Å². The summed E-state index contributed by atoms with van der Waals surface area (Å²) in [6, 6.07) is 24.0. The van der Waals surface area contributed by atoms with Gasteiger partial charge in [0.05, 0.1) is 0 Å². The fourth-order valence-corrected chi connectivity index (χ4v) is 3.52. The SMILES string of the molecule is CC(=O)N[C@@H](Cc1ccccc1)C(=O)N[C@H](Cc1cccc(OCc2ccccc2)c1)C(=O)O. The number of amides is 2. The second kappa shape index (κ2) is 12.2. The maximum Gasteiger partial charge on any atom is 0.326 e. The van der Waals surface area contributed by atoms with Crippen molar-refractivity contribution in [1.29, 1.82) is 0 Å². The minimum absolute atomic E-state index is 0.0712. The number of nitrogens with one attached hydrogen (secondary N) is 2. The lowest BCUT2D eigenvalue weighted by Gasteiger charge is -2.21. The molecule has 34 heavy (non-hydrogen) atoms. The van der Waals surface area contributed by atoms with Crippen LogP contribution in [0.15, 0.2) is 84.9 Å². The lowest BCUT2D eigenvalue weighted by molar-refractivity contribution is -0.142. The summed E-state index contributed by atoms with van der Waals surface area (Å²) in [7, 11) is 0. The molecule has 0 heterocycles. The number of carboxylic acid groups (broad SMARTS) is 1. The normalized spacial score (nSPS) is 12.3. The molecule has 2 amide bonds. The lowest BCUT2D eigenvalue weighted by Crippen LogP contribution is -2.52. The van der Waals surface area contributed by atoms with Crippen LogP contribution < -0.4 is 15.4 Å². The number of carboxylic acids is 1. The molecule has 176 valence electrons. The Morgan fingerprint density at radius 3 is 1.97 bits per heavy atom. The van der Waals surface area contributed by atoms with E-state index in [1.807, 2.05) is 60.7 Å². The van der Waals surface area contributed by atoms with Gasteiger partial charge in [-0.1, -0.05) is 72.8 Å². The minimum atomic E-state index is -1.16. The summed E-state index contributed by atoms with van der Waals surface area (Å²) >= 11 is 0. The summed E-state index contributed by atoms with van der Waals surface area (Å²) in [5.41, 5.74) is 2.58. The third-order valence-corrected chi connectivity index (χ3v) is 5.18.